The van der Waals surface area contributed by atoms with Crippen LogP contribution in [0.15, 0.2) is 18.2 Å². The maximum absolute atomic E-state index is 13.6. The zero-order valence-electron chi connectivity index (χ0n) is 11.5. The van der Waals surface area contributed by atoms with Crippen molar-refractivity contribution in [1.82, 2.24) is 9.78 Å². The SMILES string of the molecule is Cc1nn(C)c(C)c1C(C)Nc1ccc(F)cc1F. The Hall–Kier alpha value is -1.91. The van der Waals surface area contributed by atoms with Crippen LogP contribution in [0.2, 0.25) is 0 Å². The Labute approximate surface area is 111 Å². The summed E-state index contributed by atoms with van der Waals surface area (Å²) in [4.78, 5) is 0. The molecule has 0 aliphatic rings. The fraction of sp³-hybridized carbons (Fsp3) is 0.357. The van der Waals surface area contributed by atoms with E-state index in [1.807, 2.05) is 27.8 Å². The molecule has 0 amide bonds. The van der Waals surface area contributed by atoms with Gasteiger partial charge in [-0.1, -0.05) is 0 Å². The van der Waals surface area contributed by atoms with Gasteiger partial charge in [-0.2, -0.15) is 5.10 Å². The lowest BCUT2D eigenvalue weighted by Gasteiger charge is -2.16. The second kappa shape index (κ2) is 4.99. The van der Waals surface area contributed by atoms with Gasteiger partial charge in [0.1, 0.15) is 11.6 Å². The molecule has 0 saturated heterocycles. The molecule has 102 valence electrons. The lowest BCUT2D eigenvalue weighted by Crippen LogP contribution is -2.10. The van der Waals surface area contributed by atoms with Gasteiger partial charge in [0.25, 0.3) is 0 Å². The number of benzene rings is 1. The molecule has 0 fully saturated rings. The van der Waals surface area contributed by atoms with Crippen LogP contribution in [0.25, 0.3) is 0 Å². The molecule has 1 N–H and O–H groups in total. The highest BCUT2D eigenvalue weighted by Gasteiger charge is 2.17. The lowest BCUT2D eigenvalue weighted by molar-refractivity contribution is 0.583. The van der Waals surface area contributed by atoms with E-state index in [0.717, 1.165) is 23.0 Å². The summed E-state index contributed by atoms with van der Waals surface area (Å²) in [6.07, 6.45) is 0. The number of aromatic nitrogens is 2. The van der Waals surface area contributed by atoms with Gasteiger partial charge in [0.05, 0.1) is 17.4 Å². The first-order chi connectivity index (χ1) is 8.90. The van der Waals surface area contributed by atoms with Gasteiger partial charge in [0.15, 0.2) is 0 Å². The first-order valence-electron chi connectivity index (χ1n) is 6.12. The van der Waals surface area contributed by atoms with Gasteiger partial charge in [0.2, 0.25) is 0 Å². The van der Waals surface area contributed by atoms with Crippen molar-refractivity contribution in [3.8, 4) is 0 Å². The van der Waals surface area contributed by atoms with Crippen LogP contribution in [0.5, 0.6) is 0 Å². The monoisotopic (exact) mass is 265 g/mol. The zero-order valence-corrected chi connectivity index (χ0v) is 11.5. The van der Waals surface area contributed by atoms with Gasteiger partial charge in [-0.3, -0.25) is 4.68 Å². The molecule has 1 unspecified atom stereocenters. The van der Waals surface area contributed by atoms with Crippen LogP contribution in [0.3, 0.4) is 0 Å². The van der Waals surface area contributed by atoms with E-state index in [2.05, 4.69) is 10.4 Å². The number of nitrogens with one attached hydrogen (secondary N) is 1. The number of halogens is 2. The van der Waals surface area contributed by atoms with Crippen molar-refractivity contribution in [3.05, 3.63) is 46.8 Å². The van der Waals surface area contributed by atoms with Crippen molar-refractivity contribution in [2.45, 2.75) is 26.8 Å². The lowest BCUT2D eigenvalue weighted by atomic mass is 10.1. The summed E-state index contributed by atoms with van der Waals surface area (Å²) in [6, 6.07) is 3.41. The molecule has 19 heavy (non-hydrogen) atoms. The summed E-state index contributed by atoms with van der Waals surface area (Å²) < 4.78 is 28.3. The van der Waals surface area contributed by atoms with Crippen LogP contribution < -0.4 is 5.32 Å². The molecule has 0 spiro atoms. The second-order valence-corrected chi connectivity index (χ2v) is 4.70. The predicted molar refractivity (Wildman–Crippen MR) is 71.1 cm³/mol. The third-order valence-electron chi connectivity index (χ3n) is 3.30. The van der Waals surface area contributed by atoms with E-state index in [1.165, 1.54) is 12.1 Å². The third kappa shape index (κ3) is 2.59. The van der Waals surface area contributed by atoms with Crippen LogP contribution in [0.1, 0.15) is 29.9 Å². The Bertz CT molecular complexity index is 605. The minimum Gasteiger partial charge on any atom is -0.376 e. The standard InChI is InChI=1S/C14H17F2N3/c1-8(14-9(2)18-19(4)10(14)3)17-13-6-5-11(15)7-12(13)16/h5-8,17H,1-4H3. The molecule has 1 heterocycles. The van der Waals surface area contributed by atoms with E-state index in [-0.39, 0.29) is 11.7 Å². The molecule has 3 nitrogen and oxygen atoms in total. The molecular weight excluding hydrogens is 248 g/mol. The molecule has 0 bridgehead atoms. The number of aryl methyl sites for hydroxylation is 2. The van der Waals surface area contributed by atoms with E-state index < -0.39 is 11.6 Å². The van der Waals surface area contributed by atoms with E-state index >= 15 is 0 Å². The first-order valence-corrected chi connectivity index (χ1v) is 6.12. The Morgan fingerprint density at radius 2 is 1.95 bits per heavy atom. The van der Waals surface area contributed by atoms with E-state index in [9.17, 15) is 8.78 Å². The van der Waals surface area contributed by atoms with Crippen molar-refractivity contribution >= 4 is 5.69 Å². The van der Waals surface area contributed by atoms with Crippen LogP contribution in [0.4, 0.5) is 14.5 Å². The summed E-state index contributed by atoms with van der Waals surface area (Å²) in [5.41, 5.74) is 3.25. The van der Waals surface area contributed by atoms with Gasteiger partial charge in [-0.15, -0.1) is 0 Å². The van der Waals surface area contributed by atoms with Crippen molar-refractivity contribution in [2.24, 2.45) is 7.05 Å². The van der Waals surface area contributed by atoms with Crippen molar-refractivity contribution < 1.29 is 8.78 Å². The van der Waals surface area contributed by atoms with Crippen molar-refractivity contribution in [2.75, 3.05) is 5.32 Å². The molecular formula is C14H17F2N3. The average molecular weight is 265 g/mol. The number of hydrogen-bond donors (Lipinski definition) is 1. The summed E-state index contributed by atoms with van der Waals surface area (Å²) in [7, 11) is 1.87. The number of rotatable bonds is 3. The highest BCUT2D eigenvalue weighted by molar-refractivity contribution is 5.47. The minimum atomic E-state index is -0.592. The topological polar surface area (TPSA) is 29.9 Å². The highest BCUT2D eigenvalue weighted by Crippen LogP contribution is 2.26. The van der Waals surface area contributed by atoms with Crippen LogP contribution >= 0.6 is 0 Å². The van der Waals surface area contributed by atoms with Crippen LogP contribution in [-0.4, -0.2) is 9.78 Å². The van der Waals surface area contributed by atoms with Gasteiger partial charge < -0.3 is 5.32 Å². The zero-order chi connectivity index (χ0) is 14.2. The summed E-state index contributed by atoms with van der Waals surface area (Å²) >= 11 is 0. The Kier molecular flexibility index (Phi) is 3.55. The average Bonchev–Trinajstić information content (AvgIpc) is 2.57. The summed E-state index contributed by atoms with van der Waals surface area (Å²) in [6.45, 7) is 5.82. The molecule has 5 heteroatoms. The molecule has 0 saturated carbocycles. The molecule has 1 atom stereocenters. The van der Waals surface area contributed by atoms with E-state index in [1.54, 1.807) is 4.68 Å². The fourth-order valence-electron chi connectivity index (χ4n) is 2.33. The smallest absolute Gasteiger partial charge is 0.149 e. The molecule has 0 aliphatic heterocycles. The summed E-state index contributed by atoms with van der Waals surface area (Å²) in [5, 5.41) is 7.39. The van der Waals surface area contributed by atoms with Crippen LogP contribution in [0, 0.1) is 25.5 Å². The molecule has 2 rings (SSSR count). The minimum absolute atomic E-state index is 0.103. The summed E-state index contributed by atoms with van der Waals surface area (Å²) in [5.74, 6) is -1.17. The molecule has 0 aliphatic carbocycles. The van der Waals surface area contributed by atoms with E-state index in [4.69, 9.17) is 0 Å². The fourth-order valence-corrected chi connectivity index (χ4v) is 2.33. The third-order valence-corrected chi connectivity index (χ3v) is 3.30. The molecule has 1 aromatic heterocycles. The van der Waals surface area contributed by atoms with Gasteiger partial charge in [-0.25, -0.2) is 8.78 Å². The Morgan fingerprint density at radius 1 is 1.26 bits per heavy atom. The van der Waals surface area contributed by atoms with E-state index in [0.29, 0.717) is 0 Å². The largest absolute Gasteiger partial charge is 0.376 e. The molecule has 0 radical (unpaired) electrons. The van der Waals surface area contributed by atoms with Gasteiger partial charge >= 0.3 is 0 Å². The number of anilines is 1. The Morgan fingerprint density at radius 3 is 2.47 bits per heavy atom. The maximum atomic E-state index is 13.6. The number of nitrogens with zero attached hydrogens (tertiary/aromatic N) is 2. The number of hydrogen-bond acceptors (Lipinski definition) is 2. The normalized spacial score (nSPS) is 12.5. The van der Waals surface area contributed by atoms with Crippen LogP contribution in [-0.2, 0) is 7.05 Å². The predicted octanol–water partition coefficient (Wildman–Crippen LogP) is 3.49. The second-order valence-electron chi connectivity index (χ2n) is 4.70. The van der Waals surface area contributed by atoms with Crippen molar-refractivity contribution in [3.63, 3.8) is 0 Å². The molecule has 1 aromatic carbocycles. The Balaban J connectivity index is 2.28. The maximum Gasteiger partial charge on any atom is 0.149 e. The van der Waals surface area contributed by atoms with Crippen molar-refractivity contribution in [1.29, 1.82) is 0 Å². The van der Waals surface area contributed by atoms with Gasteiger partial charge in [0, 0.05) is 24.4 Å². The first kappa shape index (κ1) is 13.5. The molecule has 2 aromatic rings. The quantitative estimate of drug-likeness (QED) is 0.920. The highest BCUT2D eigenvalue weighted by atomic mass is 19.1. The van der Waals surface area contributed by atoms with Gasteiger partial charge in [-0.05, 0) is 32.9 Å².